The molecule has 0 heterocycles. The summed E-state index contributed by atoms with van der Waals surface area (Å²) in [7, 11) is 0. The van der Waals surface area contributed by atoms with Gasteiger partial charge in [0.15, 0.2) is 0 Å². The highest BCUT2D eigenvalue weighted by molar-refractivity contribution is 4.37. The molecule has 0 rings (SSSR count). The van der Waals surface area contributed by atoms with Gasteiger partial charge in [-0.05, 0) is 19.3 Å². The third-order valence-electron chi connectivity index (χ3n) is 1.59. The first-order chi connectivity index (χ1) is 6.91. The fourth-order valence-corrected chi connectivity index (χ4v) is 0.939. The molecule has 0 unspecified atom stereocenters. The lowest BCUT2D eigenvalue weighted by molar-refractivity contribution is -0.0116. The van der Waals surface area contributed by atoms with E-state index in [0.29, 0.717) is 13.2 Å². The Hall–Kier alpha value is -0.160. The Labute approximate surface area is 86.2 Å². The van der Waals surface area contributed by atoms with Gasteiger partial charge in [0.05, 0.1) is 6.61 Å². The maximum Gasteiger partial charge on any atom is 0.143 e. The first kappa shape index (κ1) is 13.8. The molecule has 0 saturated heterocycles. The Bertz CT molecular complexity index is 86.1. The molecule has 0 amide bonds. The third-order valence-corrected chi connectivity index (χ3v) is 1.59. The van der Waals surface area contributed by atoms with Gasteiger partial charge in [0.25, 0.3) is 0 Å². The van der Waals surface area contributed by atoms with Crippen molar-refractivity contribution < 1.29 is 19.3 Å². The van der Waals surface area contributed by atoms with E-state index in [0.717, 1.165) is 39.1 Å². The van der Waals surface area contributed by atoms with E-state index in [4.69, 9.17) is 19.3 Å². The number of rotatable bonds is 11. The zero-order chi connectivity index (χ0) is 10.5. The normalized spacial score (nSPS) is 10.7. The summed E-state index contributed by atoms with van der Waals surface area (Å²) in [6.07, 6.45) is 2.84. The highest BCUT2D eigenvalue weighted by atomic mass is 16.6. The fourth-order valence-electron chi connectivity index (χ4n) is 0.939. The van der Waals surface area contributed by atoms with Gasteiger partial charge in [-0.3, -0.25) is 0 Å². The summed E-state index contributed by atoms with van der Waals surface area (Å²) < 4.78 is 15.4. The molecule has 0 bridgehead atoms. The van der Waals surface area contributed by atoms with Crippen LogP contribution >= 0.6 is 0 Å². The number of hydrogen-bond donors (Lipinski definition) is 1. The largest absolute Gasteiger partial charge is 0.381 e. The van der Waals surface area contributed by atoms with E-state index in [1.807, 2.05) is 0 Å². The highest BCUT2D eigenvalue weighted by Gasteiger charge is 1.90. The van der Waals surface area contributed by atoms with Crippen LogP contribution in [-0.4, -0.2) is 44.9 Å². The van der Waals surface area contributed by atoms with Crippen molar-refractivity contribution in [1.82, 2.24) is 0 Å². The third kappa shape index (κ3) is 11.8. The van der Waals surface area contributed by atoms with Gasteiger partial charge in [0, 0.05) is 26.4 Å². The lowest BCUT2D eigenvalue weighted by Gasteiger charge is -2.04. The van der Waals surface area contributed by atoms with Gasteiger partial charge in [0.1, 0.15) is 6.79 Å². The SMILES string of the molecule is CCCOCCCOCCCOCO. The minimum atomic E-state index is -0.204. The molecule has 0 fully saturated rings. The van der Waals surface area contributed by atoms with Crippen LogP contribution in [0.5, 0.6) is 0 Å². The molecule has 0 aliphatic carbocycles. The summed E-state index contributed by atoms with van der Waals surface area (Å²) >= 11 is 0. The van der Waals surface area contributed by atoms with Crippen LogP contribution in [0.4, 0.5) is 0 Å². The molecule has 0 aromatic heterocycles. The molecule has 0 aromatic carbocycles. The second-order valence-corrected chi connectivity index (χ2v) is 2.97. The second-order valence-electron chi connectivity index (χ2n) is 2.97. The smallest absolute Gasteiger partial charge is 0.143 e. The Morgan fingerprint density at radius 2 is 1.29 bits per heavy atom. The standard InChI is InChI=1S/C10H22O4/c1-2-5-12-6-3-7-13-8-4-9-14-10-11/h11H,2-10H2,1H3. The van der Waals surface area contributed by atoms with Crippen molar-refractivity contribution in [3.8, 4) is 0 Å². The molecule has 0 saturated carbocycles. The summed E-state index contributed by atoms with van der Waals surface area (Å²) in [6.45, 7) is 5.49. The van der Waals surface area contributed by atoms with Crippen LogP contribution in [0.25, 0.3) is 0 Å². The van der Waals surface area contributed by atoms with Crippen LogP contribution in [0.1, 0.15) is 26.2 Å². The van der Waals surface area contributed by atoms with E-state index >= 15 is 0 Å². The summed E-state index contributed by atoms with van der Waals surface area (Å²) in [4.78, 5) is 0. The molecular weight excluding hydrogens is 184 g/mol. The summed E-state index contributed by atoms with van der Waals surface area (Å²) in [5.41, 5.74) is 0. The van der Waals surface area contributed by atoms with E-state index in [1.54, 1.807) is 0 Å². The van der Waals surface area contributed by atoms with E-state index in [9.17, 15) is 0 Å². The molecule has 0 radical (unpaired) electrons. The van der Waals surface area contributed by atoms with E-state index in [2.05, 4.69) is 6.92 Å². The predicted molar refractivity (Wildman–Crippen MR) is 54.2 cm³/mol. The van der Waals surface area contributed by atoms with Gasteiger partial charge in [-0.25, -0.2) is 0 Å². The van der Waals surface area contributed by atoms with Crippen molar-refractivity contribution in [1.29, 1.82) is 0 Å². The van der Waals surface area contributed by atoms with Crippen LogP contribution in [-0.2, 0) is 14.2 Å². The minimum Gasteiger partial charge on any atom is -0.381 e. The first-order valence-electron chi connectivity index (χ1n) is 5.26. The van der Waals surface area contributed by atoms with Gasteiger partial charge >= 0.3 is 0 Å². The molecule has 4 nitrogen and oxygen atoms in total. The Morgan fingerprint density at radius 1 is 0.786 bits per heavy atom. The lowest BCUT2D eigenvalue weighted by Crippen LogP contribution is -2.05. The van der Waals surface area contributed by atoms with Crippen molar-refractivity contribution in [3.63, 3.8) is 0 Å². The maximum atomic E-state index is 8.31. The zero-order valence-corrected chi connectivity index (χ0v) is 9.04. The topological polar surface area (TPSA) is 47.9 Å². The summed E-state index contributed by atoms with van der Waals surface area (Å²) in [6, 6.07) is 0. The monoisotopic (exact) mass is 206 g/mol. The number of hydrogen-bond acceptors (Lipinski definition) is 4. The Morgan fingerprint density at radius 3 is 1.79 bits per heavy atom. The zero-order valence-electron chi connectivity index (χ0n) is 9.04. The van der Waals surface area contributed by atoms with Gasteiger partial charge < -0.3 is 19.3 Å². The molecule has 14 heavy (non-hydrogen) atoms. The number of aliphatic hydroxyl groups is 1. The number of ether oxygens (including phenoxy) is 3. The number of aliphatic hydroxyl groups excluding tert-OH is 1. The average Bonchev–Trinajstić information content (AvgIpc) is 2.21. The van der Waals surface area contributed by atoms with Crippen LogP contribution in [0.15, 0.2) is 0 Å². The van der Waals surface area contributed by atoms with Gasteiger partial charge in [-0.1, -0.05) is 6.92 Å². The molecule has 0 aromatic rings. The van der Waals surface area contributed by atoms with Gasteiger partial charge in [0.2, 0.25) is 0 Å². The molecule has 1 N–H and O–H groups in total. The lowest BCUT2D eigenvalue weighted by atomic mass is 10.4. The first-order valence-corrected chi connectivity index (χ1v) is 5.26. The van der Waals surface area contributed by atoms with E-state index in [1.165, 1.54) is 0 Å². The van der Waals surface area contributed by atoms with Gasteiger partial charge in [-0.2, -0.15) is 0 Å². The van der Waals surface area contributed by atoms with Crippen LogP contribution < -0.4 is 0 Å². The van der Waals surface area contributed by atoms with Crippen LogP contribution in [0.2, 0.25) is 0 Å². The predicted octanol–water partition coefficient (Wildman–Crippen LogP) is 1.18. The summed E-state index contributed by atoms with van der Waals surface area (Å²) in [5.74, 6) is 0. The van der Waals surface area contributed by atoms with E-state index < -0.39 is 0 Å². The van der Waals surface area contributed by atoms with Crippen LogP contribution in [0.3, 0.4) is 0 Å². The quantitative estimate of drug-likeness (QED) is 0.407. The molecule has 0 aliphatic rings. The Kier molecular flexibility index (Phi) is 12.7. The fraction of sp³-hybridized carbons (Fsp3) is 1.00. The molecule has 0 atom stereocenters. The van der Waals surface area contributed by atoms with Crippen molar-refractivity contribution in [2.75, 3.05) is 39.8 Å². The van der Waals surface area contributed by atoms with Crippen molar-refractivity contribution >= 4 is 0 Å². The van der Waals surface area contributed by atoms with Crippen LogP contribution in [0, 0.1) is 0 Å². The summed E-state index contributed by atoms with van der Waals surface area (Å²) in [5, 5.41) is 8.31. The maximum absolute atomic E-state index is 8.31. The second kappa shape index (κ2) is 12.8. The van der Waals surface area contributed by atoms with Gasteiger partial charge in [-0.15, -0.1) is 0 Å². The van der Waals surface area contributed by atoms with E-state index in [-0.39, 0.29) is 6.79 Å². The van der Waals surface area contributed by atoms with Crippen molar-refractivity contribution in [3.05, 3.63) is 0 Å². The van der Waals surface area contributed by atoms with Crippen molar-refractivity contribution in [2.45, 2.75) is 26.2 Å². The average molecular weight is 206 g/mol. The molecule has 4 heteroatoms. The Balaban J connectivity index is 2.78. The highest BCUT2D eigenvalue weighted by Crippen LogP contribution is 1.89. The molecule has 0 spiro atoms. The van der Waals surface area contributed by atoms with Crippen molar-refractivity contribution in [2.24, 2.45) is 0 Å². The molecular formula is C10H22O4. The molecule has 86 valence electrons. The minimum absolute atomic E-state index is 0.204. The molecule has 0 aliphatic heterocycles.